The van der Waals surface area contributed by atoms with Crippen LogP contribution in [0.1, 0.15) is 10.6 Å². The van der Waals surface area contributed by atoms with Gasteiger partial charge in [-0.25, -0.2) is 9.67 Å². The Balaban J connectivity index is 1.59. The third-order valence-corrected chi connectivity index (χ3v) is 6.71. The van der Waals surface area contributed by atoms with Crippen molar-refractivity contribution in [2.75, 3.05) is 25.7 Å². The maximum Gasteiger partial charge on any atom is 0.294 e. The Hall–Kier alpha value is -3.72. The summed E-state index contributed by atoms with van der Waals surface area (Å²) in [4.78, 5) is 32.5. The topological polar surface area (TPSA) is 86.6 Å². The maximum absolute atomic E-state index is 13.2. The lowest BCUT2D eigenvalue weighted by molar-refractivity contribution is -0.119. The van der Waals surface area contributed by atoms with Gasteiger partial charge in [0, 0.05) is 17.8 Å². The summed E-state index contributed by atoms with van der Waals surface area (Å²) in [6.45, 7) is 2.27. The van der Waals surface area contributed by atoms with Crippen molar-refractivity contribution in [3.63, 3.8) is 0 Å². The van der Waals surface area contributed by atoms with Crippen LogP contribution >= 0.6 is 11.3 Å². The van der Waals surface area contributed by atoms with E-state index in [1.54, 1.807) is 25.2 Å². The summed E-state index contributed by atoms with van der Waals surface area (Å²) < 4.78 is 12.7. The highest BCUT2D eigenvalue weighted by atomic mass is 32.1. The van der Waals surface area contributed by atoms with E-state index in [0.717, 1.165) is 28.2 Å². The molecule has 2 aromatic heterocycles. The molecular formula is C24H22N4O4S. The van der Waals surface area contributed by atoms with Crippen molar-refractivity contribution in [3.05, 3.63) is 63.4 Å². The number of thiazole rings is 1. The van der Waals surface area contributed by atoms with E-state index in [-0.39, 0.29) is 18.0 Å². The number of benzene rings is 2. The Kier molecular flexibility index (Phi) is 5.33. The number of ether oxygens (including phenoxy) is 2. The lowest BCUT2D eigenvalue weighted by atomic mass is 10.1. The summed E-state index contributed by atoms with van der Waals surface area (Å²) >= 11 is 1.40. The van der Waals surface area contributed by atoms with Crippen LogP contribution < -0.4 is 19.9 Å². The Morgan fingerprint density at radius 3 is 2.70 bits per heavy atom. The summed E-state index contributed by atoms with van der Waals surface area (Å²) in [5.41, 5.74) is 3.27. The minimum Gasteiger partial charge on any atom is -0.493 e. The fourth-order valence-corrected chi connectivity index (χ4v) is 5.07. The summed E-state index contributed by atoms with van der Waals surface area (Å²) in [6, 6.07) is 13.3. The molecule has 1 aliphatic rings. The van der Waals surface area contributed by atoms with E-state index in [4.69, 9.17) is 9.47 Å². The Bertz CT molecular complexity index is 1440. The molecule has 4 aromatic rings. The average molecular weight is 463 g/mol. The third kappa shape index (κ3) is 3.64. The zero-order chi connectivity index (χ0) is 23.1. The van der Waals surface area contributed by atoms with Crippen molar-refractivity contribution >= 4 is 33.1 Å². The Morgan fingerprint density at radius 2 is 1.91 bits per heavy atom. The predicted octanol–water partition coefficient (Wildman–Crippen LogP) is 3.43. The molecule has 0 spiro atoms. The highest BCUT2D eigenvalue weighted by molar-refractivity contribution is 7.19. The molecule has 8 nitrogen and oxygen atoms in total. The molecule has 0 atom stereocenters. The van der Waals surface area contributed by atoms with Crippen LogP contribution in [0.5, 0.6) is 11.5 Å². The minimum atomic E-state index is -0.376. The number of fused-ring (bicyclic) bond motifs is 2. The Labute approximate surface area is 194 Å². The van der Waals surface area contributed by atoms with Crippen molar-refractivity contribution < 1.29 is 14.3 Å². The molecule has 0 aliphatic carbocycles. The van der Waals surface area contributed by atoms with Gasteiger partial charge in [-0.05, 0) is 43.2 Å². The average Bonchev–Trinajstić information content (AvgIpc) is 3.44. The SMILES string of the molecule is COc1ccc(-c2nn(CC(=O)N3CCc4ccccc43)c(=O)c3nc(C)sc23)cc1OC. The van der Waals surface area contributed by atoms with Crippen molar-refractivity contribution in [1.29, 1.82) is 0 Å². The number of aryl methyl sites for hydroxylation is 1. The Morgan fingerprint density at radius 1 is 1.12 bits per heavy atom. The number of anilines is 1. The summed E-state index contributed by atoms with van der Waals surface area (Å²) in [5.74, 6) is 0.960. The van der Waals surface area contributed by atoms with Crippen molar-refractivity contribution in [1.82, 2.24) is 14.8 Å². The molecule has 33 heavy (non-hydrogen) atoms. The van der Waals surface area contributed by atoms with Crippen LogP contribution in [-0.2, 0) is 17.8 Å². The van der Waals surface area contributed by atoms with E-state index in [1.807, 2.05) is 43.3 Å². The van der Waals surface area contributed by atoms with Gasteiger partial charge in [0.15, 0.2) is 17.0 Å². The normalized spacial score (nSPS) is 12.8. The smallest absolute Gasteiger partial charge is 0.294 e. The molecule has 0 radical (unpaired) electrons. The molecule has 9 heteroatoms. The third-order valence-electron chi connectivity index (χ3n) is 5.74. The van der Waals surface area contributed by atoms with E-state index in [9.17, 15) is 9.59 Å². The standard InChI is InChI=1S/C24H22N4O4S/c1-14-25-22-23(33-14)21(16-8-9-18(31-2)19(12-16)32-3)26-28(24(22)30)13-20(29)27-11-10-15-6-4-5-7-17(15)27/h4-9,12H,10-11,13H2,1-3H3. The van der Waals surface area contributed by atoms with Crippen LogP contribution in [0.3, 0.4) is 0 Å². The molecule has 1 amide bonds. The van der Waals surface area contributed by atoms with Crippen LogP contribution in [-0.4, -0.2) is 41.4 Å². The number of rotatable bonds is 5. The lowest BCUT2D eigenvalue weighted by Crippen LogP contribution is -2.36. The molecule has 0 N–H and O–H groups in total. The second kappa shape index (κ2) is 8.32. The van der Waals surface area contributed by atoms with Gasteiger partial charge in [-0.2, -0.15) is 5.10 Å². The van der Waals surface area contributed by atoms with E-state index in [0.29, 0.717) is 34.0 Å². The van der Waals surface area contributed by atoms with Crippen LogP contribution in [0.15, 0.2) is 47.3 Å². The molecule has 0 unspecified atom stereocenters. The first kappa shape index (κ1) is 21.1. The fourth-order valence-electron chi connectivity index (χ4n) is 4.16. The van der Waals surface area contributed by atoms with Gasteiger partial charge in [0.25, 0.3) is 5.56 Å². The second-order valence-corrected chi connectivity index (χ2v) is 8.92. The van der Waals surface area contributed by atoms with Gasteiger partial charge in [0.1, 0.15) is 12.2 Å². The molecule has 0 bridgehead atoms. The number of hydrogen-bond donors (Lipinski definition) is 0. The largest absolute Gasteiger partial charge is 0.493 e. The van der Waals surface area contributed by atoms with Crippen LogP contribution in [0, 0.1) is 6.92 Å². The van der Waals surface area contributed by atoms with Gasteiger partial charge >= 0.3 is 0 Å². The number of carbonyl (C=O) groups is 1. The number of para-hydroxylation sites is 1. The fraction of sp³-hybridized carbons (Fsp3) is 0.250. The second-order valence-electron chi connectivity index (χ2n) is 7.72. The van der Waals surface area contributed by atoms with Gasteiger partial charge in [-0.15, -0.1) is 11.3 Å². The highest BCUT2D eigenvalue weighted by Gasteiger charge is 2.26. The summed E-state index contributed by atoms with van der Waals surface area (Å²) in [6.07, 6.45) is 0.797. The quantitative estimate of drug-likeness (QED) is 0.452. The highest BCUT2D eigenvalue weighted by Crippen LogP contribution is 2.35. The number of carbonyl (C=O) groups excluding carboxylic acids is 1. The maximum atomic E-state index is 13.2. The lowest BCUT2D eigenvalue weighted by Gasteiger charge is -2.18. The van der Waals surface area contributed by atoms with Crippen molar-refractivity contribution in [2.45, 2.75) is 19.9 Å². The molecule has 0 saturated heterocycles. The van der Waals surface area contributed by atoms with E-state index < -0.39 is 0 Å². The summed E-state index contributed by atoms with van der Waals surface area (Å²) in [5, 5.41) is 5.37. The first-order valence-electron chi connectivity index (χ1n) is 10.5. The zero-order valence-corrected chi connectivity index (χ0v) is 19.3. The molecule has 0 fully saturated rings. The monoisotopic (exact) mass is 462 g/mol. The number of nitrogens with zero attached hydrogens (tertiary/aromatic N) is 4. The van der Waals surface area contributed by atoms with Gasteiger partial charge in [-0.1, -0.05) is 18.2 Å². The molecule has 168 valence electrons. The number of hydrogen-bond acceptors (Lipinski definition) is 7. The van der Waals surface area contributed by atoms with Crippen LogP contribution in [0.4, 0.5) is 5.69 Å². The molecule has 5 rings (SSSR count). The molecule has 0 saturated carbocycles. The van der Waals surface area contributed by atoms with Crippen LogP contribution in [0.25, 0.3) is 21.5 Å². The van der Waals surface area contributed by atoms with Crippen LogP contribution in [0.2, 0.25) is 0 Å². The molecule has 2 aromatic carbocycles. The number of methoxy groups -OCH3 is 2. The minimum absolute atomic E-state index is 0.167. The van der Waals surface area contributed by atoms with E-state index >= 15 is 0 Å². The van der Waals surface area contributed by atoms with Crippen molar-refractivity contribution in [3.8, 4) is 22.8 Å². The number of aromatic nitrogens is 3. The molecule has 3 heterocycles. The van der Waals surface area contributed by atoms with Gasteiger partial charge < -0.3 is 14.4 Å². The van der Waals surface area contributed by atoms with Gasteiger partial charge in [0.2, 0.25) is 5.91 Å². The number of amides is 1. The van der Waals surface area contributed by atoms with Gasteiger partial charge in [0.05, 0.1) is 23.9 Å². The predicted molar refractivity (Wildman–Crippen MR) is 127 cm³/mol. The molecular weight excluding hydrogens is 440 g/mol. The first-order chi connectivity index (χ1) is 16.0. The summed E-state index contributed by atoms with van der Waals surface area (Å²) in [7, 11) is 3.14. The van der Waals surface area contributed by atoms with E-state index in [1.165, 1.54) is 16.0 Å². The zero-order valence-electron chi connectivity index (χ0n) is 18.5. The first-order valence-corrected chi connectivity index (χ1v) is 11.3. The van der Waals surface area contributed by atoms with E-state index in [2.05, 4.69) is 10.1 Å². The van der Waals surface area contributed by atoms with Gasteiger partial charge in [-0.3, -0.25) is 9.59 Å². The van der Waals surface area contributed by atoms with Crippen molar-refractivity contribution in [2.24, 2.45) is 0 Å². The molecule has 1 aliphatic heterocycles.